The minimum absolute atomic E-state index is 0.103. The van der Waals surface area contributed by atoms with Crippen molar-refractivity contribution in [2.24, 2.45) is 0 Å². The van der Waals surface area contributed by atoms with Gasteiger partial charge >= 0.3 is 5.97 Å². The lowest BCUT2D eigenvalue weighted by atomic mass is 10.1. The van der Waals surface area contributed by atoms with Gasteiger partial charge < -0.3 is 20.1 Å². The highest BCUT2D eigenvalue weighted by molar-refractivity contribution is 7.99. The number of H-pyrrole nitrogens is 1. The third kappa shape index (κ3) is 5.64. The van der Waals surface area contributed by atoms with E-state index in [1.165, 1.54) is 18.9 Å². The maximum absolute atomic E-state index is 12.4. The van der Waals surface area contributed by atoms with Crippen LogP contribution in [-0.4, -0.2) is 39.8 Å². The number of hydrogen-bond acceptors (Lipinski definition) is 6. The molecule has 0 radical (unpaired) electrons. The van der Waals surface area contributed by atoms with Crippen LogP contribution in [0.2, 0.25) is 0 Å². The number of rotatable bonds is 8. The molecule has 3 aromatic rings. The third-order valence-corrected chi connectivity index (χ3v) is 5.36. The number of aromatic hydroxyl groups is 1. The van der Waals surface area contributed by atoms with Crippen molar-refractivity contribution >= 4 is 23.6 Å². The highest BCUT2D eigenvalue weighted by Gasteiger charge is 2.23. The summed E-state index contributed by atoms with van der Waals surface area (Å²) in [5.74, 6) is -0.496. The topological polar surface area (TPSA) is 104 Å². The van der Waals surface area contributed by atoms with Crippen LogP contribution in [-0.2, 0) is 20.7 Å². The number of aryl methyl sites for hydroxylation is 1. The molecule has 0 fully saturated rings. The average molecular weight is 426 g/mol. The number of imidazole rings is 1. The van der Waals surface area contributed by atoms with Crippen LogP contribution in [0.4, 0.5) is 0 Å². The monoisotopic (exact) mass is 425 g/mol. The van der Waals surface area contributed by atoms with E-state index in [1.807, 2.05) is 25.1 Å². The number of phenolic OH excluding ortho intramolecular Hbond substituents is 1. The second kappa shape index (κ2) is 9.98. The minimum atomic E-state index is -0.854. The summed E-state index contributed by atoms with van der Waals surface area (Å²) in [7, 11) is 1.29. The molecule has 0 saturated carbocycles. The van der Waals surface area contributed by atoms with E-state index in [9.17, 15) is 14.7 Å². The number of phenols is 1. The first-order chi connectivity index (χ1) is 14.5. The number of amides is 1. The molecule has 1 aromatic heterocycles. The van der Waals surface area contributed by atoms with E-state index in [0.29, 0.717) is 17.1 Å². The number of aromatic nitrogens is 2. The van der Waals surface area contributed by atoms with Crippen LogP contribution < -0.4 is 5.32 Å². The van der Waals surface area contributed by atoms with E-state index in [0.717, 1.165) is 17.0 Å². The number of ether oxygens (including phenoxy) is 1. The number of thioether (sulfide) groups is 1. The van der Waals surface area contributed by atoms with Crippen LogP contribution in [0.25, 0.3) is 0 Å². The molecule has 0 unspecified atom stereocenters. The van der Waals surface area contributed by atoms with E-state index in [1.54, 1.807) is 36.4 Å². The van der Waals surface area contributed by atoms with Gasteiger partial charge in [-0.05, 0) is 30.2 Å². The number of carbonyl (C=O) groups excluding carboxylic acids is 2. The molecule has 7 nitrogen and oxygen atoms in total. The number of nitrogens with zero attached hydrogens (tertiary/aromatic N) is 1. The molecule has 0 aliphatic rings. The molecule has 0 spiro atoms. The van der Waals surface area contributed by atoms with Crippen molar-refractivity contribution in [1.82, 2.24) is 15.3 Å². The van der Waals surface area contributed by atoms with Gasteiger partial charge in [0.25, 0.3) is 0 Å². The SMILES string of the molecule is COC(=O)[C@@H](NC(=O)CSc1nc(Cc2ccc(O)cc2)c(C)[nH]1)c1ccccc1. The highest BCUT2D eigenvalue weighted by Crippen LogP contribution is 2.21. The number of aromatic amines is 1. The molecule has 0 bridgehead atoms. The zero-order chi connectivity index (χ0) is 21.5. The Morgan fingerprint density at radius 2 is 1.87 bits per heavy atom. The number of methoxy groups -OCH3 is 1. The fraction of sp³-hybridized carbons (Fsp3) is 0.227. The van der Waals surface area contributed by atoms with Gasteiger partial charge in [0.15, 0.2) is 11.2 Å². The molecule has 0 aliphatic carbocycles. The molecule has 3 N–H and O–H groups in total. The largest absolute Gasteiger partial charge is 0.508 e. The molecular formula is C22H23N3O4S. The lowest BCUT2D eigenvalue weighted by molar-refractivity contribution is -0.145. The molecule has 0 saturated heterocycles. The molecule has 1 amide bonds. The predicted molar refractivity (Wildman–Crippen MR) is 114 cm³/mol. The number of nitrogens with one attached hydrogen (secondary N) is 2. The molecule has 2 aromatic carbocycles. The quantitative estimate of drug-likeness (QED) is 0.378. The van der Waals surface area contributed by atoms with Gasteiger partial charge in [-0.1, -0.05) is 54.2 Å². The number of esters is 1. The van der Waals surface area contributed by atoms with Crippen LogP contribution in [0.5, 0.6) is 5.75 Å². The number of hydrogen-bond donors (Lipinski definition) is 3. The Labute approximate surface area is 178 Å². The molecule has 3 rings (SSSR count). The molecule has 1 atom stereocenters. The van der Waals surface area contributed by atoms with Gasteiger partial charge in [0.2, 0.25) is 5.91 Å². The van der Waals surface area contributed by atoms with Gasteiger partial charge in [-0.15, -0.1) is 0 Å². The third-order valence-electron chi connectivity index (χ3n) is 4.49. The zero-order valence-corrected chi connectivity index (χ0v) is 17.5. The Bertz CT molecular complexity index is 1000. The number of benzene rings is 2. The smallest absolute Gasteiger partial charge is 0.333 e. The lowest BCUT2D eigenvalue weighted by Crippen LogP contribution is -2.35. The van der Waals surface area contributed by atoms with Crippen LogP contribution in [0.3, 0.4) is 0 Å². The highest BCUT2D eigenvalue weighted by atomic mass is 32.2. The second-order valence-electron chi connectivity index (χ2n) is 6.68. The van der Waals surface area contributed by atoms with Crippen molar-refractivity contribution in [2.75, 3.05) is 12.9 Å². The standard InChI is InChI=1S/C22H23N3O4S/c1-14-18(12-15-8-10-17(26)11-9-15)24-22(23-14)30-13-19(27)25-20(21(28)29-2)16-6-4-3-5-7-16/h3-11,20,26H,12-13H2,1-2H3,(H,23,24)(H,25,27)/t20-/m0/s1. The Morgan fingerprint density at radius 1 is 1.17 bits per heavy atom. The van der Waals surface area contributed by atoms with E-state index < -0.39 is 12.0 Å². The molecule has 0 aliphatic heterocycles. The normalized spacial score (nSPS) is 11.7. The van der Waals surface area contributed by atoms with Crippen LogP contribution in [0.1, 0.15) is 28.6 Å². The first-order valence-corrected chi connectivity index (χ1v) is 10.3. The average Bonchev–Trinajstić information content (AvgIpc) is 3.11. The summed E-state index contributed by atoms with van der Waals surface area (Å²) in [5, 5.41) is 12.7. The van der Waals surface area contributed by atoms with Crippen molar-refractivity contribution in [3.05, 3.63) is 77.1 Å². The molecule has 30 heavy (non-hydrogen) atoms. The van der Waals surface area contributed by atoms with Gasteiger partial charge in [-0.3, -0.25) is 4.79 Å². The Balaban J connectivity index is 1.60. The minimum Gasteiger partial charge on any atom is -0.508 e. The fourth-order valence-electron chi connectivity index (χ4n) is 2.89. The first kappa shape index (κ1) is 21.4. The van der Waals surface area contributed by atoms with Crippen molar-refractivity contribution in [3.63, 3.8) is 0 Å². The summed E-state index contributed by atoms with van der Waals surface area (Å²) in [6.07, 6.45) is 0.619. The predicted octanol–water partition coefficient (Wildman–Crippen LogP) is 3.14. The van der Waals surface area contributed by atoms with E-state index in [4.69, 9.17) is 4.74 Å². The van der Waals surface area contributed by atoms with E-state index in [-0.39, 0.29) is 17.4 Å². The zero-order valence-electron chi connectivity index (χ0n) is 16.7. The van der Waals surface area contributed by atoms with E-state index >= 15 is 0 Å². The summed E-state index contributed by atoms with van der Waals surface area (Å²) >= 11 is 1.26. The van der Waals surface area contributed by atoms with Gasteiger partial charge in [0.05, 0.1) is 18.6 Å². The first-order valence-electron chi connectivity index (χ1n) is 9.34. The molecule has 156 valence electrons. The lowest BCUT2D eigenvalue weighted by Gasteiger charge is -2.16. The van der Waals surface area contributed by atoms with E-state index in [2.05, 4.69) is 15.3 Å². The Morgan fingerprint density at radius 3 is 2.53 bits per heavy atom. The molecule has 1 heterocycles. The summed E-state index contributed by atoms with van der Waals surface area (Å²) in [6.45, 7) is 1.93. The second-order valence-corrected chi connectivity index (χ2v) is 7.64. The number of carbonyl (C=O) groups is 2. The summed E-state index contributed by atoms with van der Waals surface area (Å²) in [5.41, 5.74) is 3.48. The Kier molecular flexibility index (Phi) is 7.13. The summed E-state index contributed by atoms with van der Waals surface area (Å²) in [4.78, 5) is 32.3. The van der Waals surface area contributed by atoms with Crippen molar-refractivity contribution in [1.29, 1.82) is 0 Å². The van der Waals surface area contributed by atoms with Crippen molar-refractivity contribution < 1.29 is 19.4 Å². The summed E-state index contributed by atoms with van der Waals surface area (Å²) < 4.78 is 4.82. The Hall–Kier alpha value is -3.26. The van der Waals surface area contributed by atoms with Crippen molar-refractivity contribution in [3.8, 4) is 5.75 Å². The molecular weight excluding hydrogens is 402 g/mol. The van der Waals surface area contributed by atoms with Crippen LogP contribution in [0.15, 0.2) is 59.8 Å². The van der Waals surface area contributed by atoms with Gasteiger partial charge in [0, 0.05) is 12.1 Å². The molecule has 8 heteroatoms. The van der Waals surface area contributed by atoms with Crippen LogP contribution >= 0.6 is 11.8 Å². The van der Waals surface area contributed by atoms with Gasteiger partial charge in [0.1, 0.15) is 5.75 Å². The maximum atomic E-state index is 12.4. The van der Waals surface area contributed by atoms with Gasteiger partial charge in [-0.25, -0.2) is 9.78 Å². The van der Waals surface area contributed by atoms with Crippen molar-refractivity contribution in [2.45, 2.75) is 24.5 Å². The van der Waals surface area contributed by atoms with Crippen LogP contribution in [0, 0.1) is 6.92 Å². The maximum Gasteiger partial charge on any atom is 0.333 e. The summed E-state index contributed by atoms with van der Waals surface area (Å²) in [6, 6.07) is 15.1. The fourth-order valence-corrected chi connectivity index (χ4v) is 3.64. The van der Waals surface area contributed by atoms with Gasteiger partial charge in [-0.2, -0.15) is 0 Å².